The zero-order valence-electron chi connectivity index (χ0n) is 13.5. The van der Waals surface area contributed by atoms with Crippen molar-refractivity contribution in [3.8, 4) is 5.75 Å². The van der Waals surface area contributed by atoms with Crippen LogP contribution >= 0.6 is 0 Å². The van der Waals surface area contributed by atoms with E-state index in [1.54, 1.807) is 6.20 Å². The Kier molecular flexibility index (Phi) is 7.04. The molecule has 1 aliphatic rings. The molecule has 0 aromatic heterocycles. The predicted octanol–water partition coefficient (Wildman–Crippen LogP) is 1.93. The second-order valence-electron chi connectivity index (χ2n) is 5.13. The first-order valence-electron chi connectivity index (χ1n) is 7.78. The van der Waals surface area contributed by atoms with Crippen LogP contribution in [0.1, 0.15) is 6.42 Å². The van der Waals surface area contributed by atoms with Crippen molar-refractivity contribution < 1.29 is 23.8 Å². The van der Waals surface area contributed by atoms with Crippen molar-refractivity contribution in [2.45, 2.75) is 6.42 Å². The molecule has 1 aliphatic heterocycles. The minimum absolute atomic E-state index is 0.303. The van der Waals surface area contributed by atoms with Gasteiger partial charge in [0.1, 0.15) is 5.75 Å². The lowest BCUT2D eigenvalue weighted by atomic mass is 10.2. The Morgan fingerprint density at radius 1 is 1.21 bits per heavy atom. The highest BCUT2D eigenvalue weighted by molar-refractivity contribution is 5.99. The van der Waals surface area contributed by atoms with Gasteiger partial charge in [0.2, 0.25) is 0 Å². The van der Waals surface area contributed by atoms with Crippen LogP contribution in [0.2, 0.25) is 0 Å². The Morgan fingerprint density at radius 2 is 1.92 bits per heavy atom. The molecule has 0 N–H and O–H groups in total. The van der Waals surface area contributed by atoms with Gasteiger partial charge in [-0.1, -0.05) is 24.8 Å². The highest BCUT2D eigenvalue weighted by Gasteiger charge is 2.17. The molecule has 2 rings (SSSR count). The van der Waals surface area contributed by atoms with E-state index < -0.39 is 11.9 Å². The van der Waals surface area contributed by atoms with Crippen molar-refractivity contribution in [1.29, 1.82) is 0 Å². The monoisotopic (exact) mass is 331 g/mol. The summed E-state index contributed by atoms with van der Waals surface area (Å²) in [4.78, 5) is 25.4. The topological polar surface area (TPSA) is 65.1 Å². The minimum Gasteiger partial charge on any atom is -0.493 e. The molecule has 0 atom stereocenters. The maximum absolute atomic E-state index is 12.2. The molecule has 0 aliphatic carbocycles. The third-order valence-corrected chi connectivity index (χ3v) is 3.39. The molecule has 128 valence electrons. The van der Waals surface area contributed by atoms with Crippen molar-refractivity contribution in [3.63, 3.8) is 0 Å². The van der Waals surface area contributed by atoms with Gasteiger partial charge in [-0.2, -0.15) is 0 Å². The molecule has 0 amide bonds. The highest BCUT2D eigenvalue weighted by Crippen LogP contribution is 2.13. The number of nitrogens with zero attached hydrogens (tertiary/aromatic N) is 1. The van der Waals surface area contributed by atoms with Crippen molar-refractivity contribution in [3.05, 3.63) is 54.8 Å². The summed E-state index contributed by atoms with van der Waals surface area (Å²) in [6, 6.07) is 9.32. The van der Waals surface area contributed by atoms with Crippen LogP contribution < -0.4 is 4.74 Å². The van der Waals surface area contributed by atoms with Crippen LogP contribution in [0.15, 0.2) is 54.8 Å². The van der Waals surface area contributed by atoms with Crippen molar-refractivity contribution in [2.24, 2.45) is 0 Å². The number of para-hydroxylation sites is 1. The average Bonchev–Trinajstić information content (AvgIpc) is 2.62. The van der Waals surface area contributed by atoms with Crippen LogP contribution in [0.5, 0.6) is 5.75 Å². The van der Waals surface area contributed by atoms with E-state index in [1.165, 1.54) is 0 Å². The highest BCUT2D eigenvalue weighted by atomic mass is 16.6. The molecular formula is C18H21NO5. The average molecular weight is 331 g/mol. The first-order chi connectivity index (χ1) is 11.7. The summed E-state index contributed by atoms with van der Waals surface area (Å²) in [5.41, 5.74) is 0.378. The summed E-state index contributed by atoms with van der Waals surface area (Å²) >= 11 is 0. The van der Waals surface area contributed by atoms with Crippen LogP contribution in [0, 0.1) is 0 Å². The van der Waals surface area contributed by atoms with Crippen LogP contribution in [-0.4, -0.2) is 49.7 Å². The molecule has 0 unspecified atom stereocenters. The van der Waals surface area contributed by atoms with Gasteiger partial charge >= 0.3 is 11.9 Å². The molecule has 0 spiro atoms. The van der Waals surface area contributed by atoms with Gasteiger partial charge in [-0.15, -0.1) is 0 Å². The number of benzene rings is 1. The standard InChI is InChI=1S/C18H21NO5/c1-2-17(20)24-18(21)15(14-19-9-12-22-13-10-19)8-11-23-16-6-4-3-5-7-16/h2-7,14H,1,8-13H2. The Bertz CT molecular complexity index is 591. The SMILES string of the molecule is C=CC(=O)OC(=O)C(=CN1CCOCC1)CCOc1ccccc1. The summed E-state index contributed by atoms with van der Waals surface area (Å²) < 4.78 is 15.6. The lowest BCUT2D eigenvalue weighted by Gasteiger charge is -2.26. The van der Waals surface area contributed by atoms with Gasteiger partial charge in [0.25, 0.3) is 0 Å². The van der Waals surface area contributed by atoms with Crippen LogP contribution in [-0.2, 0) is 19.1 Å². The lowest BCUT2D eigenvalue weighted by molar-refractivity contribution is -0.153. The number of carbonyl (C=O) groups is 2. The summed E-state index contributed by atoms with van der Waals surface area (Å²) in [6.45, 7) is 6.17. The Balaban J connectivity index is 1.98. The van der Waals surface area contributed by atoms with E-state index in [0.717, 1.165) is 11.8 Å². The number of esters is 2. The van der Waals surface area contributed by atoms with E-state index in [9.17, 15) is 9.59 Å². The van der Waals surface area contributed by atoms with Crippen molar-refractivity contribution in [2.75, 3.05) is 32.9 Å². The third kappa shape index (κ3) is 5.89. The van der Waals surface area contributed by atoms with Gasteiger partial charge < -0.3 is 19.1 Å². The Labute approximate surface area is 141 Å². The van der Waals surface area contributed by atoms with Crippen molar-refractivity contribution in [1.82, 2.24) is 4.90 Å². The number of ether oxygens (including phenoxy) is 3. The normalized spacial score (nSPS) is 14.8. The van der Waals surface area contributed by atoms with E-state index in [2.05, 4.69) is 6.58 Å². The van der Waals surface area contributed by atoms with E-state index in [-0.39, 0.29) is 0 Å². The van der Waals surface area contributed by atoms with E-state index >= 15 is 0 Å². The molecule has 1 heterocycles. The number of carbonyl (C=O) groups excluding carboxylic acids is 2. The van der Waals surface area contributed by atoms with Crippen LogP contribution in [0.25, 0.3) is 0 Å². The molecule has 6 heteroatoms. The number of hydrogen-bond donors (Lipinski definition) is 0. The molecular weight excluding hydrogens is 310 g/mol. The second kappa shape index (κ2) is 9.52. The summed E-state index contributed by atoms with van der Waals surface area (Å²) in [7, 11) is 0. The maximum atomic E-state index is 12.2. The molecule has 1 saturated heterocycles. The van der Waals surface area contributed by atoms with Crippen molar-refractivity contribution >= 4 is 11.9 Å². The smallest absolute Gasteiger partial charge is 0.343 e. The quantitative estimate of drug-likeness (QED) is 0.432. The minimum atomic E-state index is -0.767. The zero-order chi connectivity index (χ0) is 17.2. The predicted molar refractivity (Wildman–Crippen MR) is 88.3 cm³/mol. The van der Waals surface area contributed by atoms with Crippen LogP contribution in [0.3, 0.4) is 0 Å². The first-order valence-corrected chi connectivity index (χ1v) is 7.78. The largest absolute Gasteiger partial charge is 0.493 e. The molecule has 1 aromatic rings. The number of hydrogen-bond acceptors (Lipinski definition) is 6. The molecule has 24 heavy (non-hydrogen) atoms. The Morgan fingerprint density at radius 3 is 2.58 bits per heavy atom. The van der Waals surface area contributed by atoms with Gasteiger partial charge in [0.05, 0.1) is 25.4 Å². The van der Waals surface area contributed by atoms with Gasteiger partial charge in [0, 0.05) is 31.8 Å². The van der Waals surface area contributed by atoms with Gasteiger partial charge in [-0.05, 0) is 12.1 Å². The molecule has 1 fully saturated rings. The third-order valence-electron chi connectivity index (χ3n) is 3.39. The summed E-state index contributed by atoms with van der Waals surface area (Å²) in [5.74, 6) is -0.723. The van der Waals surface area contributed by atoms with E-state index in [4.69, 9.17) is 14.2 Å². The number of rotatable bonds is 7. The van der Waals surface area contributed by atoms with E-state index in [1.807, 2.05) is 35.2 Å². The summed E-state index contributed by atoms with van der Waals surface area (Å²) in [5, 5.41) is 0. The first kappa shape index (κ1) is 17.7. The van der Waals surface area contributed by atoms with Gasteiger partial charge in [-0.3, -0.25) is 0 Å². The fourth-order valence-corrected chi connectivity index (χ4v) is 2.14. The van der Waals surface area contributed by atoms with Crippen LogP contribution in [0.4, 0.5) is 0 Å². The van der Waals surface area contributed by atoms with Gasteiger partial charge in [-0.25, -0.2) is 9.59 Å². The maximum Gasteiger partial charge on any atom is 0.343 e. The number of morpholine rings is 1. The summed E-state index contributed by atoms with van der Waals surface area (Å²) in [6.07, 6.45) is 3.01. The second-order valence-corrected chi connectivity index (χ2v) is 5.13. The molecule has 0 radical (unpaired) electrons. The van der Waals surface area contributed by atoms with E-state index in [0.29, 0.717) is 44.9 Å². The molecule has 1 aromatic carbocycles. The van der Waals surface area contributed by atoms with Gasteiger partial charge in [0.15, 0.2) is 0 Å². The molecule has 6 nitrogen and oxygen atoms in total. The Hall–Kier alpha value is -2.60. The fourth-order valence-electron chi connectivity index (χ4n) is 2.14. The molecule has 0 bridgehead atoms. The molecule has 0 saturated carbocycles. The lowest BCUT2D eigenvalue weighted by Crippen LogP contribution is -2.33. The zero-order valence-corrected chi connectivity index (χ0v) is 13.5. The fraction of sp³-hybridized carbons (Fsp3) is 0.333.